The Labute approximate surface area is 412 Å². The number of nitrogens with zero attached hydrogens (tertiary/aromatic N) is 8. The van der Waals surface area contributed by atoms with Crippen LogP contribution in [0.15, 0.2) is 105 Å². The maximum Gasteiger partial charge on any atom is 0.295 e. The van der Waals surface area contributed by atoms with Crippen molar-refractivity contribution in [3.8, 4) is 0 Å². The molecule has 0 atom stereocenters. The van der Waals surface area contributed by atoms with Crippen LogP contribution in [0.5, 0.6) is 0 Å². The Morgan fingerprint density at radius 3 is 1.04 bits per heavy atom. The second-order valence-corrected chi connectivity index (χ2v) is 21.2. The van der Waals surface area contributed by atoms with Crippen LogP contribution in [0, 0.1) is 0 Å². The summed E-state index contributed by atoms with van der Waals surface area (Å²) in [7, 11) is -18.0. The van der Waals surface area contributed by atoms with Crippen LogP contribution in [0.25, 0.3) is 12.2 Å². The van der Waals surface area contributed by atoms with Crippen LogP contribution in [-0.4, -0.2) is 157 Å². The Morgan fingerprint density at radius 1 is 0.431 bits per heavy atom. The van der Waals surface area contributed by atoms with Crippen molar-refractivity contribution in [3.05, 3.63) is 96.1 Å². The summed E-state index contributed by atoms with van der Waals surface area (Å²) in [5.74, 6) is -0.667. The molecule has 6 aromatic rings. The minimum Gasteiger partial charge on any atom is -0.395 e. The van der Waals surface area contributed by atoms with Gasteiger partial charge in [0.15, 0.2) is 9.84 Å². The highest BCUT2D eigenvalue weighted by Crippen LogP contribution is 2.30. The van der Waals surface area contributed by atoms with Gasteiger partial charge in [0.2, 0.25) is 35.7 Å². The summed E-state index contributed by atoms with van der Waals surface area (Å²) in [6, 6.07) is 17.6. The maximum absolute atomic E-state index is 13.2. The fourth-order valence-corrected chi connectivity index (χ4v) is 9.08. The first-order valence-corrected chi connectivity index (χ1v) is 27.0. The fourth-order valence-electron chi connectivity index (χ4n) is 6.50. The Balaban J connectivity index is 1.31. The van der Waals surface area contributed by atoms with Gasteiger partial charge in [0.1, 0.15) is 4.90 Å². The van der Waals surface area contributed by atoms with Crippen molar-refractivity contribution in [1.82, 2.24) is 29.9 Å². The SMILES string of the molecule is CS(=O)(=O)c1cc(Nc2nc(Nc3ccc(S(=O)(=O)O)cc3)nc(N(CCO)CCO)n2)ccc1C=Cc1ccc(Nc2nc(Nc3ccc(S(=O)(=O)O)cc3)nc(N(CCO)CCO)n2)cc1S(=O)(=O)O. The molecule has 0 radical (unpaired) electrons. The molecule has 11 N–H and O–H groups in total. The molecule has 0 fully saturated rings. The lowest BCUT2D eigenvalue weighted by atomic mass is 10.1. The highest BCUT2D eigenvalue weighted by molar-refractivity contribution is 7.90. The van der Waals surface area contributed by atoms with Gasteiger partial charge in [-0.15, -0.1) is 0 Å². The molecule has 0 spiro atoms. The molecule has 31 heteroatoms. The van der Waals surface area contributed by atoms with Crippen molar-refractivity contribution in [3.63, 3.8) is 0 Å². The third-order valence-electron chi connectivity index (χ3n) is 9.77. The first-order valence-electron chi connectivity index (χ1n) is 20.8. The normalized spacial score (nSPS) is 12.2. The van der Waals surface area contributed by atoms with E-state index in [0.29, 0.717) is 0 Å². The fraction of sp³-hybridized carbons (Fsp3) is 0.220. The van der Waals surface area contributed by atoms with E-state index in [0.717, 1.165) is 36.6 Å². The van der Waals surface area contributed by atoms with Gasteiger partial charge in [-0.05, 0) is 83.9 Å². The first kappa shape index (κ1) is 54.3. The summed E-state index contributed by atoms with van der Waals surface area (Å²) < 4.78 is 127. The Kier molecular flexibility index (Phi) is 17.4. The van der Waals surface area contributed by atoms with Crippen molar-refractivity contribution in [2.75, 3.05) is 89.9 Å². The smallest absolute Gasteiger partial charge is 0.295 e. The largest absolute Gasteiger partial charge is 0.395 e. The number of nitrogens with one attached hydrogen (secondary N) is 4. The molecule has 0 saturated carbocycles. The van der Waals surface area contributed by atoms with Gasteiger partial charge in [0.25, 0.3) is 30.4 Å². The van der Waals surface area contributed by atoms with Gasteiger partial charge < -0.3 is 51.5 Å². The van der Waals surface area contributed by atoms with Crippen molar-refractivity contribution in [2.24, 2.45) is 0 Å². The number of sulfone groups is 1. The lowest BCUT2D eigenvalue weighted by molar-refractivity contribution is 0.279. The van der Waals surface area contributed by atoms with Crippen LogP contribution in [0.3, 0.4) is 0 Å². The zero-order valence-corrected chi connectivity index (χ0v) is 40.8. The number of rotatable bonds is 24. The highest BCUT2D eigenvalue weighted by Gasteiger charge is 2.21. The zero-order valence-electron chi connectivity index (χ0n) is 37.5. The molecule has 0 bridgehead atoms. The molecule has 0 amide bonds. The maximum atomic E-state index is 13.2. The molecule has 0 aliphatic heterocycles. The summed E-state index contributed by atoms with van der Waals surface area (Å²) >= 11 is 0. The van der Waals surface area contributed by atoms with E-state index >= 15 is 0 Å². The Morgan fingerprint density at radius 2 is 0.736 bits per heavy atom. The van der Waals surface area contributed by atoms with E-state index in [9.17, 15) is 67.8 Å². The van der Waals surface area contributed by atoms with Gasteiger partial charge in [-0.3, -0.25) is 13.7 Å². The predicted molar refractivity (Wildman–Crippen MR) is 263 cm³/mol. The summed E-state index contributed by atoms with van der Waals surface area (Å²) in [4.78, 5) is 27.3. The predicted octanol–water partition coefficient (Wildman–Crippen LogP) is 1.93. The van der Waals surface area contributed by atoms with E-state index in [1.807, 2.05) is 0 Å². The number of hydrogen-bond acceptors (Lipinski definition) is 24. The molecule has 0 saturated heterocycles. The lowest BCUT2D eigenvalue weighted by Crippen LogP contribution is -2.31. The average molecular weight is 1080 g/mol. The van der Waals surface area contributed by atoms with Gasteiger partial charge in [-0.2, -0.15) is 55.2 Å². The summed E-state index contributed by atoms with van der Waals surface area (Å²) in [6.45, 7) is -1.51. The third-order valence-corrected chi connectivity index (χ3v) is 13.6. The van der Waals surface area contributed by atoms with Gasteiger partial charge >= 0.3 is 0 Å². The number of aliphatic hydroxyl groups is 4. The molecule has 0 unspecified atom stereocenters. The monoisotopic (exact) mass is 1070 g/mol. The number of hydrogen-bond donors (Lipinski definition) is 11. The standard InChI is InChI=1S/C41H46N12O15S4/c1-69(58,59)34-24-30(44-38-46-36(48-40(50-38)52(16-20-54)17-21-55)42-28-8-12-32(13-9-28)70(60,61)62)6-4-26(34)2-3-27-5-7-31(25-35(27)72(66,67)68)45-39-47-37(49-41(51-39)53(18-22-56)19-23-57)43-29-10-14-33(15-11-29)71(63,64)65/h2-15,24-25,54-57H,16-23H2,1H3,(H,60,61,62)(H,63,64,65)(H,66,67,68)(H2,42,44,46,48,50)(H2,43,45,47,49,51). The minimum atomic E-state index is -4.98. The van der Waals surface area contributed by atoms with E-state index in [1.165, 1.54) is 76.5 Å². The van der Waals surface area contributed by atoms with Crippen LogP contribution in [0.1, 0.15) is 11.1 Å². The molecule has 0 aliphatic rings. The average Bonchev–Trinajstić information content (AvgIpc) is 3.30. The lowest BCUT2D eigenvalue weighted by Gasteiger charge is -2.21. The quantitative estimate of drug-likeness (QED) is 0.0305. The van der Waals surface area contributed by atoms with E-state index in [1.54, 1.807) is 0 Å². The third kappa shape index (κ3) is 14.8. The minimum absolute atomic E-state index is 0.0108. The van der Waals surface area contributed by atoms with Gasteiger partial charge in [-0.25, -0.2) is 8.42 Å². The van der Waals surface area contributed by atoms with Crippen LogP contribution in [-0.2, 0) is 40.2 Å². The van der Waals surface area contributed by atoms with Crippen molar-refractivity contribution in [2.45, 2.75) is 19.6 Å². The summed E-state index contributed by atoms with van der Waals surface area (Å²) in [5.41, 5.74) is 0.710. The summed E-state index contributed by atoms with van der Waals surface area (Å²) in [6.07, 6.45) is 3.48. The van der Waals surface area contributed by atoms with Crippen LogP contribution < -0.4 is 31.1 Å². The van der Waals surface area contributed by atoms with E-state index in [-0.39, 0.29) is 137 Å². The molecule has 2 aromatic heterocycles. The number of benzene rings is 4. The highest BCUT2D eigenvalue weighted by atomic mass is 32.2. The van der Waals surface area contributed by atoms with Crippen LogP contribution in [0.4, 0.5) is 58.4 Å². The Hall–Kier alpha value is -7.04. The molecular weight excluding hydrogens is 1030 g/mol. The molecule has 384 valence electrons. The van der Waals surface area contributed by atoms with Crippen molar-refractivity contribution >= 4 is 111 Å². The summed E-state index contributed by atoms with van der Waals surface area (Å²) in [5, 5.41) is 50.1. The van der Waals surface area contributed by atoms with E-state index < -0.39 is 45.1 Å². The van der Waals surface area contributed by atoms with Gasteiger partial charge in [0, 0.05) is 55.2 Å². The Bertz CT molecular complexity index is 3160. The molecule has 4 aromatic carbocycles. The first-order chi connectivity index (χ1) is 34.0. The van der Waals surface area contributed by atoms with Crippen LogP contribution in [0.2, 0.25) is 0 Å². The topological polar surface area (TPSA) is 410 Å². The molecule has 6 rings (SSSR count). The molecule has 27 nitrogen and oxygen atoms in total. The van der Waals surface area contributed by atoms with E-state index in [2.05, 4.69) is 51.2 Å². The second kappa shape index (κ2) is 23.0. The van der Waals surface area contributed by atoms with Crippen molar-refractivity contribution in [1.29, 1.82) is 0 Å². The second-order valence-electron chi connectivity index (χ2n) is 15.0. The molecule has 72 heavy (non-hydrogen) atoms. The number of aliphatic hydroxyl groups excluding tert-OH is 4. The van der Waals surface area contributed by atoms with Gasteiger partial charge in [0.05, 0.1) is 41.1 Å². The van der Waals surface area contributed by atoms with Gasteiger partial charge in [-0.1, -0.05) is 24.3 Å². The van der Waals surface area contributed by atoms with E-state index in [4.69, 9.17) is 0 Å². The number of aromatic nitrogens is 6. The molecule has 0 aliphatic carbocycles. The number of anilines is 10. The molecule has 2 heterocycles. The molecular formula is C41H46N12O15S4. The zero-order chi connectivity index (χ0) is 52.4. The van der Waals surface area contributed by atoms with Crippen molar-refractivity contribution < 1.29 is 67.8 Å². The van der Waals surface area contributed by atoms with Crippen LogP contribution >= 0.6 is 0 Å².